The highest BCUT2D eigenvalue weighted by Crippen LogP contribution is 2.28. The van der Waals surface area contributed by atoms with Crippen LogP contribution >= 0.6 is 11.3 Å². The number of nitrogens with zero attached hydrogens (tertiary/aromatic N) is 4. The molecular formula is C17H20N6O2S. The number of anilines is 1. The maximum atomic E-state index is 12.7. The molecule has 1 aliphatic rings. The number of carbonyl (C=O) groups excluding carboxylic acids is 1. The van der Waals surface area contributed by atoms with Gasteiger partial charge in [0.15, 0.2) is 16.6 Å². The average Bonchev–Trinajstić information content (AvgIpc) is 3.36. The van der Waals surface area contributed by atoms with Crippen LogP contribution in [0.2, 0.25) is 0 Å². The zero-order valence-corrected chi connectivity index (χ0v) is 15.5. The van der Waals surface area contributed by atoms with E-state index >= 15 is 0 Å². The number of aromatic nitrogens is 4. The van der Waals surface area contributed by atoms with Crippen molar-refractivity contribution in [3.8, 4) is 10.8 Å². The Morgan fingerprint density at radius 3 is 2.92 bits per heavy atom. The average molecular weight is 372 g/mol. The van der Waals surface area contributed by atoms with Gasteiger partial charge in [-0.05, 0) is 45.0 Å². The molecule has 136 valence electrons. The van der Waals surface area contributed by atoms with Gasteiger partial charge in [0.1, 0.15) is 5.69 Å². The zero-order chi connectivity index (χ0) is 18.1. The summed E-state index contributed by atoms with van der Waals surface area (Å²) in [7, 11) is 1.79. The third kappa shape index (κ3) is 3.27. The van der Waals surface area contributed by atoms with Crippen molar-refractivity contribution in [3.63, 3.8) is 0 Å². The Morgan fingerprint density at radius 2 is 2.19 bits per heavy atom. The second-order valence-corrected chi connectivity index (χ2v) is 7.50. The number of aryl methyl sites for hydroxylation is 2. The van der Waals surface area contributed by atoms with Gasteiger partial charge in [0, 0.05) is 17.8 Å². The minimum absolute atomic E-state index is 0.288. The van der Waals surface area contributed by atoms with Crippen LogP contribution in [0, 0.1) is 6.92 Å². The van der Waals surface area contributed by atoms with Crippen molar-refractivity contribution < 1.29 is 9.21 Å². The lowest BCUT2D eigenvalue weighted by Gasteiger charge is -2.19. The van der Waals surface area contributed by atoms with Gasteiger partial charge in [0.2, 0.25) is 5.95 Å². The van der Waals surface area contributed by atoms with Crippen molar-refractivity contribution >= 4 is 23.2 Å². The Labute approximate surface area is 154 Å². The fraction of sp³-hybridized carbons (Fsp3) is 0.412. The van der Waals surface area contributed by atoms with Gasteiger partial charge in [-0.3, -0.25) is 10.1 Å². The van der Waals surface area contributed by atoms with Gasteiger partial charge in [-0.15, -0.1) is 11.3 Å². The minimum Gasteiger partial charge on any atom is -0.462 e. The van der Waals surface area contributed by atoms with Crippen LogP contribution in [-0.4, -0.2) is 38.7 Å². The number of piperidine rings is 1. The van der Waals surface area contributed by atoms with Crippen LogP contribution in [0.1, 0.15) is 39.9 Å². The van der Waals surface area contributed by atoms with Crippen LogP contribution < -0.4 is 10.6 Å². The van der Waals surface area contributed by atoms with Gasteiger partial charge in [-0.25, -0.2) is 9.67 Å². The van der Waals surface area contributed by atoms with Gasteiger partial charge in [0.05, 0.1) is 6.26 Å². The smallest absolute Gasteiger partial charge is 0.277 e. The highest BCUT2D eigenvalue weighted by atomic mass is 32.1. The monoisotopic (exact) mass is 372 g/mol. The summed E-state index contributed by atoms with van der Waals surface area (Å²) >= 11 is 1.43. The van der Waals surface area contributed by atoms with Crippen LogP contribution in [0.5, 0.6) is 0 Å². The topological polar surface area (TPSA) is 97.9 Å². The summed E-state index contributed by atoms with van der Waals surface area (Å²) in [4.78, 5) is 22.5. The summed E-state index contributed by atoms with van der Waals surface area (Å²) in [5.41, 5.74) is 0.382. The van der Waals surface area contributed by atoms with Gasteiger partial charge in [-0.2, -0.15) is 10.1 Å². The van der Waals surface area contributed by atoms with Crippen LogP contribution in [0.3, 0.4) is 0 Å². The number of rotatable bonds is 4. The van der Waals surface area contributed by atoms with Crippen LogP contribution in [0.4, 0.5) is 5.95 Å². The minimum atomic E-state index is -0.288. The molecule has 4 rings (SSSR count). The molecular weight excluding hydrogens is 352 g/mol. The summed E-state index contributed by atoms with van der Waals surface area (Å²) < 4.78 is 6.98. The van der Waals surface area contributed by atoms with Crippen molar-refractivity contribution in [1.29, 1.82) is 0 Å². The number of hydrogen-bond donors (Lipinski definition) is 2. The van der Waals surface area contributed by atoms with E-state index in [0.29, 0.717) is 28.3 Å². The Morgan fingerprint density at radius 1 is 1.38 bits per heavy atom. The van der Waals surface area contributed by atoms with Crippen LogP contribution in [-0.2, 0) is 7.05 Å². The molecule has 1 saturated heterocycles. The Kier molecular flexibility index (Phi) is 4.56. The molecule has 0 bridgehead atoms. The quantitative estimate of drug-likeness (QED) is 0.730. The highest BCUT2D eigenvalue weighted by Gasteiger charge is 2.23. The molecule has 1 fully saturated rings. The third-order valence-corrected chi connectivity index (χ3v) is 5.44. The number of amides is 1. The number of thiazole rings is 1. The molecule has 2 N–H and O–H groups in total. The molecule has 1 aliphatic heterocycles. The van der Waals surface area contributed by atoms with Gasteiger partial charge in [0.25, 0.3) is 5.91 Å². The summed E-state index contributed by atoms with van der Waals surface area (Å²) in [6, 6.07) is 3.63. The molecule has 0 unspecified atom stereocenters. The Hall–Kier alpha value is -2.52. The molecule has 3 aromatic heterocycles. The van der Waals surface area contributed by atoms with E-state index in [4.69, 9.17) is 4.42 Å². The molecule has 0 spiro atoms. The molecule has 8 nitrogen and oxygen atoms in total. The lowest BCUT2D eigenvalue weighted by atomic mass is 9.98. The summed E-state index contributed by atoms with van der Waals surface area (Å²) in [5, 5.41) is 11.3. The standard InChI is InChI=1S/C17H20N6O2S/c1-10-13(19-16(26-10)12-4-3-9-25-12)15(24)21-17-20-14(22-23(17)2)11-5-7-18-8-6-11/h3-4,9,11,18H,5-8H2,1-2H3,(H,20,21,22,24). The molecule has 0 atom stereocenters. The van der Waals surface area contributed by atoms with Gasteiger partial charge in [-0.1, -0.05) is 0 Å². The van der Waals surface area contributed by atoms with Crippen LogP contribution in [0.25, 0.3) is 10.8 Å². The van der Waals surface area contributed by atoms with Crippen molar-refractivity contribution in [2.24, 2.45) is 7.05 Å². The van der Waals surface area contributed by atoms with E-state index in [1.54, 1.807) is 24.1 Å². The van der Waals surface area contributed by atoms with E-state index in [-0.39, 0.29) is 5.91 Å². The predicted molar refractivity (Wildman–Crippen MR) is 98.4 cm³/mol. The van der Waals surface area contributed by atoms with Crippen LogP contribution in [0.15, 0.2) is 22.8 Å². The predicted octanol–water partition coefficient (Wildman–Crippen LogP) is 2.56. The van der Waals surface area contributed by atoms with E-state index in [2.05, 4.69) is 25.7 Å². The first kappa shape index (κ1) is 16.9. The molecule has 3 aromatic rings. The van der Waals surface area contributed by atoms with Crippen molar-refractivity contribution in [1.82, 2.24) is 25.1 Å². The lowest BCUT2D eigenvalue weighted by Crippen LogP contribution is -2.27. The fourth-order valence-electron chi connectivity index (χ4n) is 3.04. The van der Waals surface area contributed by atoms with E-state index in [1.165, 1.54) is 11.3 Å². The van der Waals surface area contributed by atoms with Gasteiger partial charge < -0.3 is 9.73 Å². The summed E-state index contributed by atoms with van der Waals surface area (Å²) in [6.07, 6.45) is 3.61. The van der Waals surface area contributed by atoms with Crippen molar-refractivity contribution in [2.45, 2.75) is 25.7 Å². The van der Waals surface area contributed by atoms with E-state index < -0.39 is 0 Å². The molecule has 0 radical (unpaired) electrons. The van der Waals surface area contributed by atoms with Crippen molar-refractivity contribution in [3.05, 3.63) is 34.8 Å². The largest absolute Gasteiger partial charge is 0.462 e. The number of nitrogens with one attached hydrogen (secondary N) is 2. The Balaban J connectivity index is 1.52. The molecule has 0 saturated carbocycles. The second-order valence-electron chi connectivity index (χ2n) is 6.30. The lowest BCUT2D eigenvalue weighted by molar-refractivity contribution is 0.102. The SMILES string of the molecule is Cc1sc(-c2ccco2)nc1C(=O)Nc1nc(C2CCNCC2)nn1C. The van der Waals surface area contributed by atoms with Crippen molar-refractivity contribution in [2.75, 3.05) is 18.4 Å². The number of furan rings is 1. The number of carbonyl (C=O) groups is 1. The zero-order valence-electron chi connectivity index (χ0n) is 14.7. The summed E-state index contributed by atoms with van der Waals surface area (Å²) in [5.74, 6) is 1.93. The maximum Gasteiger partial charge on any atom is 0.277 e. The first-order chi connectivity index (χ1) is 12.6. The fourth-order valence-corrected chi connectivity index (χ4v) is 3.92. The normalized spacial score (nSPS) is 15.3. The Bertz CT molecular complexity index is 908. The molecule has 0 aliphatic carbocycles. The van der Waals surface area contributed by atoms with E-state index in [0.717, 1.165) is 36.6 Å². The molecule has 4 heterocycles. The molecule has 1 amide bonds. The maximum absolute atomic E-state index is 12.7. The first-order valence-corrected chi connectivity index (χ1v) is 9.38. The second kappa shape index (κ2) is 7.00. The first-order valence-electron chi connectivity index (χ1n) is 8.56. The molecule has 26 heavy (non-hydrogen) atoms. The highest BCUT2D eigenvalue weighted by molar-refractivity contribution is 7.15. The third-order valence-electron chi connectivity index (χ3n) is 4.45. The van der Waals surface area contributed by atoms with Gasteiger partial charge >= 0.3 is 0 Å². The number of hydrogen-bond acceptors (Lipinski definition) is 7. The van der Waals surface area contributed by atoms with E-state index in [1.807, 2.05) is 13.0 Å². The summed E-state index contributed by atoms with van der Waals surface area (Å²) in [6.45, 7) is 3.81. The molecule has 0 aromatic carbocycles. The van der Waals surface area contributed by atoms with E-state index in [9.17, 15) is 4.79 Å². The molecule has 9 heteroatoms.